The van der Waals surface area contributed by atoms with Crippen LogP contribution in [-0.4, -0.2) is 34.4 Å². The number of halogens is 1. The summed E-state index contributed by atoms with van der Waals surface area (Å²) in [4.78, 5) is 23.8. The van der Waals surface area contributed by atoms with Gasteiger partial charge in [0.1, 0.15) is 11.4 Å². The number of carboxylic acids is 1. The molecule has 0 bridgehead atoms. The fourth-order valence-electron chi connectivity index (χ4n) is 0.895. The number of Topliss-reactive ketones (excluding diaryl/α,β-unsaturated/α-hetero) is 1. The largest absolute Gasteiger partial charge is 0.726 e. The number of aliphatic carboxylic acids is 1. The molecule has 2 N–H and O–H groups in total. The van der Waals surface area contributed by atoms with Gasteiger partial charge in [-0.3, -0.25) is 9.35 Å². The van der Waals surface area contributed by atoms with E-state index in [1.54, 1.807) is 0 Å². The van der Waals surface area contributed by atoms with E-state index in [1.165, 1.54) is 0 Å². The van der Waals surface area contributed by atoms with E-state index in [9.17, 15) is 14.0 Å². The van der Waals surface area contributed by atoms with E-state index < -0.39 is 33.7 Å². The van der Waals surface area contributed by atoms with Gasteiger partial charge in [-0.2, -0.15) is 0 Å². The predicted molar refractivity (Wildman–Crippen MR) is 55.4 cm³/mol. The molecule has 0 saturated carbocycles. The Morgan fingerprint density at radius 1 is 1.37 bits per heavy atom. The second-order valence-electron chi connectivity index (χ2n) is 2.82. The molecule has 0 unspecified atom stereocenters. The first-order chi connectivity index (χ1) is 8.56. The van der Waals surface area contributed by atoms with E-state index >= 15 is 0 Å². The number of carbonyl (C=O) groups excluding carboxylic acids is 1. The summed E-state index contributed by atoms with van der Waals surface area (Å²) in [5.74, 6) is -3.67. The number of hydrogen-bond acceptors (Lipinski definition) is 6. The van der Waals surface area contributed by atoms with Gasteiger partial charge in [0.05, 0.1) is 6.07 Å². The third-order valence-corrected chi connectivity index (χ3v) is 1.51. The molecule has 19 heavy (non-hydrogen) atoms. The van der Waals surface area contributed by atoms with Crippen LogP contribution in [0.3, 0.4) is 0 Å². The molecule has 0 fully saturated rings. The first kappa shape index (κ1) is 16.6. The molecule has 0 heterocycles. The molecule has 102 valence electrons. The molecule has 0 spiro atoms. The molecule has 1 aromatic carbocycles. The van der Waals surface area contributed by atoms with Crippen LogP contribution in [0.4, 0.5) is 10.1 Å². The first-order valence-electron chi connectivity index (χ1n) is 4.17. The molecule has 0 amide bonds. The van der Waals surface area contributed by atoms with E-state index in [1.807, 2.05) is 0 Å². The lowest BCUT2D eigenvalue weighted by Gasteiger charge is -1.91. The average Bonchev–Trinajstić information content (AvgIpc) is 2.25. The highest BCUT2D eigenvalue weighted by molar-refractivity contribution is 7.79. The number of ketones is 1. The highest BCUT2D eigenvalue weighted by Crippen LogP contribution is 2.20. The minimum atomic E-state index is -4.92. The number of carbonyl (C=O) groups is 2. The maximum absolute atomic E-state index is 12.6. The zero-order valence-electron chi connectivity index (χ0n) is 8.85. The van der Waals surface area contributed by atoms with Crippen molar-refractivity contribution in [3.8, 4) is 0 Å². The van der Waals surface area contributed by atoms with Gasteiger partial charge in [0.2, 0.25) is 15.8 Å². The highest BCUT2D eigenvalue weighted by Gasteiger charge is 2.25. The summed E-state index contributed by atoms with van der Waals surface area (Å²) in [6, 6.07) is 2.61. The van der Waals surface area contributed by atoms with Crippen molar-refractivity contribution in [1.82, 2.24) is 0 Å². The maximum atomic E-state index is 12.6. The van der Waals surface area contributed by atoms with Gasteiger partial charge in [-0.25, -0.2) is 17.6 Å². The Balaban J connectivity index is 0.000000555. The lowest BCUT2D eigenvalue weighted by atomic mass is 10.1. The van der Waals surface area contributed by atoms with Gasteiger partial charge in [0.15, 0.2) is 4.98 Å². The number of rotatable bonds is 2. The number of hydrogen-bond donors (Lipinski definition) is 2. The van der Waals surface area contributed by atoms with Crippen molar-refractivity contribution >= 4 is 27.8 Å². The first-order valence-corrected chi connectivity index (χ1v) is 5.53. The molecule has 1 rings (SSSR count). The molecule has 11 heteroatoms. The van der Waals surface area contributed by atoms with E-state index in [-0.39, 0.29) is 5.56 Å². The number of benzene rings is 1. The summed E-state index contributed by atoms with van der Waals surface area (Å²) in [7, 11) is -4.92. The second kappa shape index (κ2) is 6.50. The third-order valence-electron chi connectivity index (χ3n) is 1.51. The van der Waals surface area contributed by atoms with Crippen LogP contribution in [0, 0.1) is 11.2 Å². The Hall–Kier alpha value is -2.42. The van der Waals surface area contributed by atoms with Crippen LogP contribution in [0.2, 0.25) is 0 Å². The number of carboxylic acid groups (broad SMARTS) is 1. The SMILES string of the molecule is N#[N+]c1cc(F)ccc1C(=O)C(=O)O.O=S(=O)([O-])O. The number of diazo groups is 1. The molecule has 9 nitrogen and oxygen atoms in total. The smallest absolute Gasteiger partial charge is 0.399 e. The molecule has 0 aromatic heterocycles. The Labute approximate surface area is 105 Å². The van der Waals surface area contributed by atoms with E-state index in [0.29, 0.717) is 0 Å². The standard InChI is InChI=1S/C8H3FN2O3.H2O4S/c9-4-1-2-5(6(3-4)11-10)7(12)8(13)14;1-5(2,3)4/h1-3H;(H2,1,2,3,4). The zero-order chi connectivity index (χ0) is 15.2. The summed E-state index contributed by atoms with van der Waals surface area (Å²) in [6.07, 6.45) is 0. The molecule has 0 radical (unpaired) electrons. The van der Waals surface area contributed by atoms with Gasteiger partial charge >= 0.3 is 11.7 Å². The Morgan fingerprint density at radius 3 is 2.21 bits per heavy atom. The lowest BCUT2D eigenvalue weighted by molar-refractivity contribution is -0.131. The lowest BCUT2D eigenvalue weighted by Crippen LogP contribution is -2.12. The van der Waals surface area contributed by atoms with Crippen molar-refractivity contribution < 1.29 is 36.6 Å². The predicted octanol–water partition coefficient (Wildman–Crippen LogP) is 0.582. The minimum absolute atomic E-state index is 0.360. The van der Waals surface area contributed by atoms with Crippen molar-refractivity contribution in [3.63, 3.8) is 0 Å². The van der Waals surface area contributed by atoms with Gasteiger partial charge in [0, 0.05) is 0 Å². The zero-order valence-corrected chi connectivity index (χ0v) is 9.66. The van der Waals surface area contributed by atoms with Crippen LogP contribution in [0.15, 0.2) is 18.2 Å². The fourth-order valence-corrected chi connectivity index (χ4v) is 0.895. The normalized spacial score (nSPS) is 9.79. The number of nitrogens with zero attached hydrogens (tertiary/aromatic N) is 2. The summed E-state index contributed by atoms with van der Waals surface area (Å²) in [5.41, 5.74) is -0.765. The fraction of sp³-hybridized carbons (Fsp3) is 0. The quantitative estimate of drug-likeness (QED) is 0.263. The van der Waals surface area contributed by atoms with Gasteiger partial charge in [-0.1, -0.05) is 0 Å². The summed E-state index contributed by atoms with van der Waals surface area (Å²) >= 11 is 0. The Kier molecular flexibility index (Phi) is 5.67. The average molecular weight is 292 g/mol. The maximum Gasteiger partial charge on any atom is 0.399 e. The molecule has 1 aromatic rings. The molecular formula is C8H5FN2O7S. The summed E-state index contributed by atoms with van der Waals surface area (Å²) in [5, 5.41) is 16.7. The van der Waals surface area contributed by atoms with Gasteiger partial charge < -0.3 is 9.66 Å². The second-order valence-corrected chi connectivity index (χ2v) is 3.68. The third kappa shape index (κ3) is 6.78. The molecule has 0 saturated heterocycles. The molecule has 0 aliphatic carbocycles. The van der Waals surface area contributed by atoms with Crippen molar-refractivity contribution in [2.75, 3.05) is 0 Å². The molecular weight excluding hydrogens is 287 g/mol. The van der Waals surface area contributed by atoms with Crippen molar-refractivity contribution in [1.29, 1.82) is 5.39 Å². The molecule has 0 atom stereocenters. The van der Waals surface area contributed by atoms with Gasteiger partial charge in [0.25, 0.3) is 5.78 Å². The van der Waals surface area contributed by atoms with Crippen LogP contribution in [0.5, 0.6) is 0 Å². The van der Waals surface area contributed by atoms with Crippen molar-refractivity contribution in [2.24, 2.45) is 0 Å². The van der Waals surface area contributed by atoms with Gasteiger partial charge in [-0.15, -0.1) is 0 Å². The Bertz CT molecular complexity index is 642. The molecule has 0 aliphatic heterocycles. The van der Waals surface area contributed by atoms with Gasteiger partial charge in [-0.05, 0) is 12.1 Å². The van der Waals surface area contributed by atoms with E-state index in [2.05, 4.69) is 4.98 Å². The van der Waals surface area contributed by atoms with Crippen LogP contribution in [0.25, 0.3) is 4.98 Å². The van der Waals surface area contributed by atoms with Crippen LogP contribution in [0.1, 0.15) is 10.4 Å². The van der Waals surface area contributed by atoms with E-state index in [4.69, 9.17) is 28.0 Å². The van der Waals surface area contributed by atoms with Crippen molar-refractivity contribution in [3.05, 3.63) is 34.6 Å². The minimum Gasteiger partial charge on any atom is -0.726 e. The Morgan fingerprint density at radius 2 is 1.84 bits per heavy atom. The van der Waals surface area contributed by atoms with Crippen LogP contribution >= 0.6 is 0 Å². The highest BCUT2D eigenvalue weighted by atomic mass is 32.3. The van der Waals surface area contributed by atoms with Crippen molar-refractivity contribution in [2.45, 2.75) is 0 Å². The summed E-state index contributed by atoms with van der Waals surface area (Å²) < 4.78 is 45.4. The monoisotopic (exact) mass is 292 g/mol. The topological polar surface area (TPSA) is 160 Å². The van der Waals surface area contributed by atoms with Crippen LogP contribution in [-0.2, 0) is 15.2 Å². The molecule has 0 aliphatic rings. The summed E-state index contributed by atoms with van der Waals surface area (Å²) in [6.45, 7) is 0. The van der Waals surface area contributed by atoms with E-state index in [0.717, 1.165) is 18.2 Å². The van der Waals surface area contributed by atoms with Crippen LogP contribution < -0.4 is 0 Å².